The monoisotopic (exact) mass is 310 g/mol. The summed E-state index contributed by atoms with van der Waals surface area (Å²) in [7, 11) is 0. The van der Waals surface area contributed by atoms with Crippen molar-refractivity contribution in [3.8, 4) is 5.75 Å². The minimum absolute atomic E-state index is 0.138. The van der Waals surface area contributed by atoms with E-state index in [4.69, 9.17) is 4.74 Å². The zero-order valence-electron chi connectivity index (χ0n) is 13.8. The van der Waals surface area contributed by atoms with Gasteiger partial charge in [-0.05, 0) is 44.0 Å². The minimum atomic E-state index is -0.138. The summed E-state index contributed by atoms with van der Waals surface area (Å²) in [6.45, 7) is 6.49. The van der Waals surface area contributed by atoms with Crippen molar-refractivity contribution in [2.24, 2.45) is 5.10 Å². The highest BCUT2D eigenvalue weighted by Crippen LogP contribution is 2.12. The molecule has 0 bridgehead atoms. The number of aryl methyl sites for hydroxylation is 1. The second-order valence-corrected chi connectivity index (χ2v) is 5.35. The fourth-order valence-corrected chi connectivity index (χ4v) is 2.10. The van der Waals surface area contributed by atoms with E-state index in [0.29, 0.717) is 6.61 Å². The van der Waals surface area contributed by atoms with Crippen LogP contribution in [0.5, 0.6) is 5.75 Å². The van der Waals surface area contributed by atoms with E-state index in [0.717, 1.165) is 22.6 Å². The van der Waals surface area contributed by atoms with Gasteiger partial charge in [0.1, 0.15) is 5.75 Å². The second kappa shape index (κ2) is 8.13. The van der Waals surface area contributed by atoms with Gasteiger partial charge in [0.15, 0.2) is 0 Å². The van der Waals surface area contributed by atoms with E-state index in [-0.39, 0.29) is 12.3 Å². The van der Waals surface area contributed by atoms with Gasteiger partial charge in [0.05, 0.1) is 18.7 Å². The summed E-state index contributed by atoms with van der Waals surface area (Å²) in [6, 6.07) is 15.5. The molecular weight excluding hydrogens is 288 g/mol. The van der Waals surface area contributed by atoms with Crippen molar-refractivity contribution < 1.29 is 9.53 Å². The average molecular weight is 310 g/mol. The first-order chi connectivity index (χ1) is 11.1. The zero-order chi connectivity index (χ0) is 16.7. The lowest BCUT2D eigenvalue weighted by Gasteiger charge is -2.05. The predicted octanol–water partition coefficient (Wildman–Crippen LogP) is 3.48. The van der Waals surface area contributed by atoms with Crippen LogP contribution in [0.2, 0.25) is 0 Å². The van der Waals surface area contributed by atoms with Crippen LogP contribution in [-0.2, 0) is 11.2 Å². The molecule has 0 atom stereocenters. The van der Waals surface area contributed by atoms with Crippen molar-refractivity contribution in [1.82, 2.24) is 5.43 Å². The van der Waals surface area contributed by atoms with Gasteiger partial charge in [0.25, 0.3) is 0 Å². The molecule has 0 saturated carbocycles. The summed E-state index contributed by atoms with van der Waals surface area (Å²) in [4.78, 5) is 12.0. The smallest absolute Gasteiger partial charge is 0.244 e. The first-order valence-corrected chi connectivity index (χ1v) is 7.70. The van der Waals surface area contributed by atoms with E-state index in [9.17, 15) is 4.79 Å². The minimum Gasteiger partial charge on any atom is -0.494 e. The SMILES string of the molecule is CCOc1ccc(CC(=O)N/N=C(/C)c2ccc(C)cc2)cc1. The first kappa shape index (κ1) is 16.7. The second-order valence-electron chi connectivity index (χ2n) is 5.35. The molecule has 2 rings (SSSR count). The number of benzene rings is 2. The maximum absolute atomic E-state index is 12.0. The zero-order valence-corrected chi connectivity index (χ0v) is 13.8. The molecule has 4 nitrogen and oxygen atoms in total. The molecule has 0 radical (unpaired) electrons. The summed E-state index contributed by atoms with van der Waals surface area (Å²) < 4.78 is 5.38. The predicted molar refractivity (Wildman–Crippen MR) is 92.8 cm³/mol. The lowest BCUT2D eigenvalue weighted by atomic mass is 10.1. The van der Waals surface area contributed by atoms with E-state index < -0.39 is 0 Å². The van der Waals surface area contributed by atoms with Crippen LogP contribution in [0, 0.1) is 6.92 Å². The number of hydrogen-bond acceptors (Lipinski definition) is 3. The van der Waals surface area contributed by atoms with Gasteiger partial charge in [0.2, 0.25) is 5.91 Å². The molecule has 4 heteroatoms. The van der Waals surface area contributed by atoms with Gasteiger partial charge < -0.3 is 4.74 Å². The highest BCUT2D eigenvalue weighted by molar-refractivity contribution is 5.99. The fourth-order valence-electron chi connectivity index (χ4n) is 2.10. The molecule has 0 aliphatic carbocycles. The molecule has 23 heavy (non-hydrogen) atoms. The molecule has 1 N–H and O–H groups in total. The van der Waals surface area contributed by atoms with Crippen molar-refractivity contribution in [2.75, 3.05) is 6.61 Å². The highest BCUT2D eigenvalue weighted by Gasteiger charge is 2.04. The molecule has 0 saturated heterocycles. The molecule has 0 aromatic heterocycles. The van der Waals surface area contributed by atoms with Gasteiger partial charge >= 0.3 is 0 Å². The Balaban J connectivity index is 1.91. The van der Waals surface area contributed by atoms with Crippen LogP contribution in [0.15, 0.2) is 53.6 Å². The van der Waals surface area contributed by atoms with Gasteiger partial charge in [-0.15, -0.1) is 0 Å². The number of nitrogens with zero attached hydrogens (tertiary/aromatic N) is 1. The molecule has 2 aromatic rings. The van der Waals surface area contributed by atoms with Crippen molar-refractivity contribution in [3.63, 3.8) is 0 Å². The number of hydrogen-bond donors (Lipinski definition) is 1. The Kier molecular flexibility index (Phi) is 5.92. The maximum Gasteiger partial charge on any atom is 0.244 e. The molecular formula is C19H22N2O2. The Bertz CT molecular complexity index is 674. The van der Waals surface area contributed by atoms with Gasteiger partial charge in [-0.3, -0.25) is 4.79 Å². The van der Waals surface area contributed by atoms with Crippen molar-refractivity contribution in [1.29, 1.82) is 0 Å². The van der Waals surface area contributed by atoms with Crippen LogP contribution in [0.1, 0.15) is 30.5 Å². The molecule has 2 aromatic carbocycles. The molecule has 0 spiro atoms. The van der Waals surface area contributed by atoms with Gasteiger partial charge in [-0.2, -0.15) is 5.10 Å². The van der Waals surface area contributed by atoms with Gasteiger partial charge in [0, 0.05) is 0 Å². The van der Waals surface area contributed by atoms with E-state index in [1.807, 2.05) is 69.3 Å². The van der Waals surface area contributed by atoms with Crippen LogP contribution in [0.25, 0.3) is 0 Å². The highest BCUT2D eigenvalue weighted by atomic mass is 16.5. The molecule has 0 aliphatic heterocycles. The average Bonchev–Trinajstić information content (AvgIpc) is 2.55. The van der Waals surface area contributed by atoms with Crippen LogP contribution in [-0.4, -0.2) is 18.2 Å². The molecule has 0 heterocycles. The normalized spacial score (nSPS) is 11.2. The molecule has 120 valence electrons. The summed E-state index contributed by atoms with van der Waals surface area (Å²) in [5, 5.41) is 4.16. The number of amides is 1. The number of nitrogens with one attached hydrogen (secondary N) is 1. The topological polar surface area (TPSA) is 50.7 Å². The van der Waals surface area contributed by atoms with E-state index in [1.165, 1.54) is 5.56 Å². The first-order valence-electron chi connectivity index (χ1n) is 7.70. The lowest BCUT2D eigenvalue weighted by Crippen LogP contribution is -2.21. The lowest BCUT2D eigenvalue weighted by molar-refractivity contribution is -0.120. The van der Waals surface area contributed by atoms with Crippen molar-refractivity contribution in [2.45, 2.75) is 27.2 Å². The Morgan fingerprint density at radius 3 is 2.35 bits per heavy atom. The number of carbonyl (C=O) groups excluding carboxylic acids is 1. The Morgan fingerprint density at radius 2 is 1.74 bits per heavy atom. The molecule has 0 unspecified atom stereocenters. The molecule has 0 fully saturated rings. The maximum atomic E-state index is 12.0. The molecule has 0 aliphatic rings. The van der Waals surface area contributed by atoms with Crippen molar-refractivity contribution in [3.05, 3.63) is 65.2 Å². The Labute approximate surface area is 137 Å². The third-order valence-corrected chi connectivity index (χ3v) is 3.42. The van der Waals surface area contributed by atoms with Crippen molar-refractivity contribution >= 4 is 11.6 Å². The number of rotatable bonds is 6. The number of carbonyl (C=O) groups is 1. The van der Waals surface area contributed by atoms with Crippen LogP contribution in [0.4, 0.5) is 0 Å². The summed E-state index contributed by atoms with van der Waals surface area (Å²) >= 11 is 0. The Hall–Kier alpha value is -2.62. The Morgan fingerprint density at radius 1 is 1.09 bits per heavy atom. The summed E-state index contributed by atoms with van der Waals surface area (Å²) in [5.74, 6) is 0.672. The third-order valence-electron chi connectivity index (χ3n) is 3.42. The quantitative estimate of drug-likeness (QED) is 0.656. The number of ether oxygens (including phenoxy) is 1. The standard InChI is InChI=1S/C19H22N2O2/c1-4-23-18-11-7-16(8-12-18)13-19(22)21-20-15(3)17-9-5-14(2)6-10-17/h5-12H,4,13H2,1-3H3,(H,21,22)/b20-15-. The largest absolute Gasteiger partial charge is 0.494 e. The third kappa shape index (κ3) is 5.25. The van der Waals surface area contributed by atoms with E-state index >= 15 is 0 Å². The van der Waals surface area contributed by atoms with Crippen LogP contribution >= 0.6 is 0 Å². The van der Waals surface area contributed by atoms with Crippen LogP contribution < -0.4 is 10.2 Å². The summed E-state index contributed by atoms with van der Waals surface area (Å²) in [5.41, 5.74) is 6.50. The molecule has 1 amide bonds. The number of hydrazone groups is 1. The van der Waals surface area contributed by atoms with E-state index in [2.05, 4.69) is 10.5 Å². The van der Waals surface area contributed by atoms with Gasteiger partial charge in [-0.25, -0.2) is 5.43 Å². The summed E-state index contributed by atoms with van der Waals surface area (Å²) in [6.07, 6.45) is 0.289. The van der Waals surface area contributed by atoms with E-state index in [1.54, 1.807) is 0 Å². The fraction of sp³-hybridized carbons (Fsp3) is 0.263. The van der Waals surface area contributed by atoms with Gasteiger partial charge in [-0.1, -0.05) is 42.0 Å². The van der Waals surface area contributed by atoms with Crippen LogP contribution in [0.3, 0.4) is 0 Å².